The van der Waals surface area contributed by atoms with Crippen molar-refractivity contribution in [2.75, 3.05) is 0 Å². The van der Waals surface area contributed by atoms with E-state index in [2.05, 4.69) is 20.5 Å². The first-order valence-corrected chi connectivity index (χ1v) is 6.69. The minimum atomic E-state index is -0.907. The molecular weight excluding hydrogens is 260 g/mol. The number of aromatic amines is 1. The van der Waals surface area contributed by atoms with Gasteiger partial charge in [0.05, 0.1) is 12.0 Å². The summed E-state index contributed by atoms with van der Waals surface area (Å²) in [6.45, 7) is 5.90. The molecule has 0 spiro atoms. The first kappa shape index (κ1) is 14.5. The molecule has 0 radical (unpaired) electrons. The number of rotatable bonds is 4. The van der Waals surface area contributed by atoms with Gasteiger partial charge in [-0.15, -0.1) is 5.10 Å². The van der Waals surface area contributed by atoms with Crippen LogP contribution in [0.1, 0.15) is 62.9 Å². The Morgan fingerprint density at radius 3 is 2.45 bits per heavy atom. The van der Waals surface area contributed by atoms with Gasteiger partial charge in [-0.3, -0.25) is 14.7 Å². The molecule has 0 bridgehead atoms. The fraction of sp³-hybridized carbons (Fsp3) is 0.692. The van der Waals surface area contributed by atoms with Gasteiger partial charge >= 0.3 is 5.97 Å². The van der Waals surface area contributed by atoms with Crippen LogP contribution in [-0.2, 0) is 10.2 Å². The second-order valence-electron chi connectivity index (χ2n) is 6.42. The molecule has 1 aliphatic rings. The average molecular weight is 280 g/mol. The van der Waals surface area contributed by atoms with Crippen LogP contribution in [0.5, 0.6) is 0 Å². The molecule has 1 heterocycles. The molecule has 20 heavy (non-hydrogen) atoms. The number of amides is 1. The van der Waals surface area contributed by atoms with Crippen LogP contribution in [0.25, 0.3) is 0 Å². The third kappa shape index (κ3) is 2.97. The number of carbonyl (C=O) groups excluding carboxylic acids is 1. The van der Waals surface area contributed by atoms with Gasteiger partial charge in [0.2, 0.25) is 5.82 Å². The number of aromatic nitrogens is 3. The number of H-pyrrole nitrogens is 1. The molecule has 2 rings (SSSR count). The lowest BCUT2D eigenvalue weighted by molar-refractivity contribution is -0.139. The summed E-state index contributed by atoms with van der Waals surface area (Å²) in [6, 6.07) is 0. The molecule has 7 nitrogen and oxygen atoms in total. The molecule has 1 aliphatic carbocycles. The lowest BCUT2D eigenvalue weighted by atomic mass is 9.74. The van der Waals surface area contributed by atoms with Crippen LogP contribution in [0.15, 0.2) is 0 Å². The van der Waals surface area contributed by atoms with Gasteiger partial charge in [-0.2, -0.15) is 0 Å². The highest BCUT2D eigenvalue weighted by atomic mass is 16.4. The number of hydrogen-bond donors (Lipinski definition) is 3. The Hall–Kier alpha value is -1.92. The van der Waals surface area contributed by atoms with Gasteiger partial charge in [0.15, 0.2) is 0 Å². The molecule has 0 unspecified atom stereocenters. The van der Waals surface area contributed by atoms with Crippen LogP contribution < -0.4 is 5.32 Å². The van der Waals surface area contributed by atoms with Crippen LogP contribution >= 0.6 is 0 Å². The molecule has 1 aromatic heterocycles. The van der Waals surface area contributed by atoms with Gasteiger partial charge in [0.25, 0.3) is 5.91 Å². The van der Waals surface area contributed by atoms with E-state index >= 15 is 0 Å². The van der Waals surface area contributed by atoms with Crippen molar-refractivity contribution in [1.29, 1.82) is 0 Å². The summed E-state index contributed by atoms with van der Waals surface area (Å²) < 4.78 is 0. The lowest BCUT2D eigenvalue weighted by Gasteiger charge is -2.41. The normalized spacial score (nSPS) is 17.4. The van der Waals surface area contributed by atoms with E-state index in [9.17, 15) is 9.59 Å². The Balaban J connectivity index is 2.08. The molecule has 1 saturated carbocycles. The van der Waals surface area contributed by atoms with Crippen molar-refractivity contribution in [2.45, 2.75) is 57.4 Å². The van der Waals surface area contributed by atoms with E-state index < -0.39 is 17.4 Å². The highest BCUT2D eigenvalue weighted by Crippen LogP contribution is 2.35. The summed E-state index contributed by atoms with van der Waals surface area (Å²) >= 11 is 0. The maximum absolute atomic E-state index is 12.1. The van der Waals surface area contributed by atoms with Crippen molar-refractivity contribution in [3.8, 4) is 0 Å². The maximum Gasteiger partial charge on any atom is 0.305 e. The van der Waals surface area contributed by atoms with Gasteiger partial charge in [-0.25, -0.2) is 4.98 Å². The van der Waals surface area contributed by atoms with E-state index in [1.54, 1.807) is 0 Å². The SMILES string of the molecule is CC(C)(C)c1nc(C(=O)NC2(CC(=O)O)CCC2)n[nH]1. The van der Waals surface area contributed by atoms with Crippen molar-refractivity contribution in [2.24, 2.45) is 0 Å². The molecule has 0 saturated heterocycles. The highest BCUT2D eigenvalue weighted by Gasteiger charge is 2.41. The number of carboxylic acids is 1. The van der Waals surface area contributed by atoms with Crippen molar-refractivity contribution in [3.05, 3.63) is 11.6 Å². The van der Waals surface area contributed by atoms with E-state index in [-0.39, 0.29) is 17.7 Å². The average Bonchev–Trinajstić information content (AvgIpc) is 2.73. The van der Waals surface area contributed by atoms with Gasteiger partial charge in [0, 0.05) is 5.41 Å². The minimum Gasteiger partial charge on any atom is -0.481 e. The van der Waals surface area contributed by atoms with E-state index in [0.29, 0.717) is 18.7 Å². The Bertz CT molecular complexity index is 526. The van der Waals surface area contributed by atoms with Crippen molar-refractivity contribution in [1.82, 2.24) is 20.5 Å². The second kappa shape index (κ2) is 4.88. The van der Waals surface area contributed by atoms with Crippen molar-refractivity contribution < 1.29 is 14.7 Å². The summed E-state index contributed by atoms with van der Waals surface area (Å²) in [6.07, 6.45) is 2.23. The van der Waals surface area contributed by atoms with E-state index in [1.807, 2.05) is 20.8 Å². The summed E-state index contributed by atoms with van der Waals surface area (Å²) in [5.41, 5.74) is -0.855. The molecular formula is C13H20N4O3. The van der Waals surface area contributed by atoms with Gasteiger partial charge < -0.3 is 10.4 Å². The van der Waals surface area contributed by atoms with Crippen LogP contribution in [0.4, 0.5) is 0 Å². The van der Waals surface area contributed by atoms with Crippen LogP contribution in [0.2, 0.25) is 0 Å². The molecule has 0 aromatic carbocycles. The third-order valence-electron chi connectivity index (χ3n) is 3.58. The largest absolute Gasteiger partial charge is 0.481 e. The molecule has 1 amide bonds. The molecule has 1 aromatic rings. The maximum atomic E-state index is 12.1. The Labute approximate surface area is 117 Å². The zero-order valence-electron chi connectivity index (χ0n) is 12.0. The smallest absolute Gasteiger partial charge is 0.305 e. The topological polar surface area (TPSA) is 108 Å². The van der Waals surface area contributed by atoms with E-state index in [0.717, 1.165) is 6.42 Å². The third-order valence-corrected chi connectivity index (χ3v) is 3.58. The predicted molar refractivity (Wildman–Crippen MR) is 71.4 cm³/mol. The highest BCUT2D eigenvalue weighted by molar-refractivity contribution is 5.91. The monoisotopic (exact) mass is 280 g/mol. The van der Waals surface area contributed by atoms with Crippen LogP contribution in [-0.4, -0.2) is 37.7 Å². The summed E-state index contributed by atoms with van der Waals surface area (Å²) in [4.78, 5) is 27.2. The van der Waals surface area contributed by atoms with Gasteiger partial charge in [-0.1, -0.05) is 20.8 Å². The first-order valence-electron chi connectivity index (χ1n) is 6.69. The Kier molecular flexibility index (Phi) is 3.54. The number of carboxylic acid groups (broad SMARTS) is 1. The molecule has 3 N–H and O–H groups in total. The fourth-order valence-electron chi connectivity index (χ4n) is 2.23. The fourth-order valence-corrected chi connectivity index (χ4v) is 2.23. The number of nitrogens with zero attached hydrogens (tertiary/aromatic N) is 2. The van der Waals surface area contributed by atoms with E-state index in [1.165, 1.54) is 0 Å². The molecule has 0 atom stereocenters. The lowest BCUT2D eigenvalue weighted by Crippen LogP contribution is -2.54. The van der Waals surface area contributed by atoms with Crippen molar-refractivity contribution in [3.63, 3.8) is 0 Å². The number of aliphatic carboxylic acids is 1. The molecule has 7 heteroatoms. The van der Waals surface area contributed by atoms with E-state index in [4.69, 9.17) is 5.11 Å². The van der Waals surface area contributed by atoms with Gasteiger partial charge in [0.1, 0.15) is 5.82 Å². The summed E-state index contributed by atoms with van der Waals surface area (Å²) in [5, 5.41) is 18.4. The zero-order valence-corrected chi connectivity index (χ0v) is 12.0. The summed E-state index contributed by atoms with van der Waals surface area (Å²) in [7, 11) is 0. The predicted octanol–water partition coefficient (Wildman–Crippen LogP) is 1.23. The molecule has 1 fully saturated rings. The number of hydrogen-bond acceptors (Lipinski definition) is 4. The summed E-state index contributed by atoms with van der Waals surface area (Å²) in [5.74, 6) is -0.636. The van der Waals surface area contributed by atoms with Gasteiger partial charge in [-0.05, 0) is 19.3 Å². The Morgan fingerprint density at radius 1 is 1.40 bits per heavy atom. The Morgan fingerprint density at radius 2 is 2.05 bits per heavy atom. The number of carbonyl (C=O) groups is 2. The minimum absolute atomic E-state index is 0.0602. The van der Waals surface area contributed by atoms with Crippen molar-refractivity contribution >= 4 is 11.9 Å². The zero-order chi connectivity index (χ0) is 15.0. The standard InChI is InChI=1S/C13H20N4O3/c1-12(2,3)11-14-9(16-17-11)10(20)15-13(5-4-6-13)7-8(18)19/h4-7H2,1-3H3,(H,15,20)(H,18,19)(H,14,16,17). The van der Waals surface area contributed by atoms with Crippen LogP contribution in [0, 0.1) is 0 Å². The molecule has 110 valence electrons. The quantitative estimate of drug-likeness (QED) is 0.768. The first-order chi connectivity index (χ1) is 9.22. The second-order valence-corrected chi connectivity index (χ2v) is 6.42. The molecule has 0 aliphatic heterocycles. The number of nitrogens with one attached hydrogen (secondary N) is 2. The van der Waals surface area contributed by atoms with Crippen LogP contribution in [0.3, 0.4) is 0 Å².